The standard InChI is InChI=1S/C26H26N4O5S/c31-25-6-2-1-5-23(25)20-16-21-18-28-13-11-24(21)26(17-20)36(34,35)29-15-14-27-12-3-4-19-7-9-22(10-8-19)30(32)33/h1-2,5-11,13,16-18,27,29,31H,3-4,12,14-15H2. The van der Waals surface area contributed by atoms with Crippen molar-refractivity contribution in [3.63, 3.8) is 0 Å². The molecule has 0 unspecified atom stereocenters. The van der Waals surface area contributed by atoms with Crippen LogP contribution in [0.25, 0.3) is 21.9 Å². The van der Waals surface area contributed by atoms with Gasteiger partial charge in [-0.1, -0.05) is 30.3 Å². The minimum atomic E-state index is -3.83. The number of aryl methyl sites for hydroxylation is 1. The molecule has 3 aromatic carbocycles. The molecule has 4 aromatic rings. The van der Waals surface area contributed by atoms with Gasteiger partial charge in [-0.2, -0.15) is 0 Å². The molecule has 0 atom stereocenters. The lowest BCUT2D eigenvalue weighted by Gasteiger charge is -2.13. The van der Waals surface area contributed by atoms with Gasteiger partial charge in [0.15, 0.2) is 0 Å². The normalized spacial score (nSPS) is 11.6. The van der Waals surface area contributed by atoms with Gasteiger partial charge in [-0.25, -0.2) is 13.1 Å². The van der Waals surface area contributed by atoms with E-state index in [0.717, 1.165) is 18.4 Å². The first-order valence-corrected chi connectivity index (χ1v) is 12.9. The molecular formula is C26H26N4O5S. The number of rotatable bonds is 11. The Morgan fingerprint density at radius 1 is 0.972 bits per heavy atom. The zero-order valence-corrected chi connectivity index (χ0v) is 20.2. The van der Waals surface area contributed by atoms with Crippen LogP contribution in [0.5, 0.6) is 5.75 Å². The third-order valence-corrected chi connectivity index (χ3v) is 7.28. The van der Waals surface area contributed by atoms with Gasteiger partial charge in [0.1, 0.15) is 5.75 Å². The molecule has 0 aliphatic heterocycles. The first-order valence-electron chi connectivity index (χ1n) is 11.4. The SMILES string of the molecule is O=[N+]([O-])c1ccc(CCCNCCNS(=O)(=O)c2cc(-c3ccccc3O)cc3cnccc23)cc1. The summed E-state index contributed by atoms with van der Waals surface area (Å²) in [5.41, 5.74) is 2.20. The molecule has 1 heterocycles. The summed E-state index contributed by atoms with van der Waals surface area (Å²) >= 11 is 0. The van der Waals surface area contributed by atoms with E-state index in [1.54, 1.807) is 60.9 Å². The van der Waals surface area contributed by atoms with Crippen LogP contribution < -0.4 is 10.0 Å². The van der Waals surface area contributed by atoms with E-state index in [1.807, 2.05) is 6.07 Å². The van der Waals surface area contributed by atoms with E-state index in [9.17, 15) is 23.6 Å². The Hall–Kier alpha value is -3.86. The van der Waals surface area contributed by atoms with Gasteiger partial charge in [0.2, 0.25) is 10.0 Å². The predicted molar refractivity (Wildman–Crippen MR) is 138 cm³/mol. The summed E-state index contributed by atoms with van der Waals surface area (Å²) in [6, 6.07) is 18.3. The highest BCUT2D eigenvalue weighted by Gasteiger charge is 2.19. The van der Waals surface area contributed by atoms with Crippen LogP contribution in [0, 0.1) is 10.1 Å². The van der Waals surface area contributed by atoms with Crippen LogP contribution >= 0.6 is 0 Å². The highest BCUT2D eigenvalue weighted by Crippen LogP contribution is 2.34. The van der Waals surface area contributed by atoms with E-state index < -0.39 is 14.9 Å². The maximum absolute atomic E-state index is 13.2. The van der Waals surface area contributed by atoms with Crippen molar-refractivity contribution in [2.45, 2.75) is 17.7 Å². The smallest absolute Gasteiger partial charge is 0.269 e. The number of hydrogen-bond donors (Lipinski definition) is 3. The Morgan fingerprint density at radius 3 is 2.50 bits per heavy atom. The molecule has 3 N–H and O–H groups in total. The van der Waals surface area contributed by atoms with E-state index >= 15 is 0 Å². The Labute approximate surface area is 209 Å². The Morgan fingerprint density at radius 2 is 1.75 bits per heavy atom. The lowest BCUT2D eigenvalue weighted by molar-refractivity contribution is -0.384. The molecule has 0 saturated carbocycles. The third kappa shape index (κ3) is 6.03. The van der Waals surface area contributed by atoms with Crippen LogP contribution in [0.4, 0.5) is 5.69 Å². The molecule has 0 fully saturated rings. The second-order valence-electron chi connectivity index (χ2n) is 8.26. The average Bonchev–Trinajstić information content (AvgIpc) is 2.88. The van der Waals surface area contributed by atoms with Crippen LogP contribution in [0.2, 0.25) is 0 Å². The van der Waals surface area contributed by atoms with Gasteiger partial charge in [0.05, 0.1) is 9.82 Å². The van der Waals surface area contributed by atoms with E-state index in [1.165, 1.54) is 12.1 Å². The number of para-hydroxylation sites is 1. The number of nitro groups is 1. The first-order chi connectivity index (χ1) is 17.3. The first kappa shape index (κ1) is 25.2. The van der Waals surface area contributed by atoms with E-state index in [2.05, 4.69) is 15.0 Å². The Bertz CT molecular complexity index is 1470. The number of non-ortho nitro benzene ring substituents is 1. The van der Waals surface area contributed by atoms with Crippen LogP contribution in [-0.4, -0.2) is 43.1 Å². The molecule has 0 radical (unpaired) electrons. The fraction of sp³-hybridized carbons (Fsp3) is 0.192. The van der Waals surface area contributed by atoms with E-state index in [4.69, 9.17) is 0 Å². The molecule has 186 valence electrons. The molecule has 0 aliphatic rings. The van der Waals surface area contributed by atoms with Gasteiger partial charge in [-0.3, -0.25) is 15.1 Å². The molecular weight excluding hydrogens is 480 g/mol. The van der Waals surface area contributed by atoms with Gasteiger partial charge in [0.25, 0.3) is 5.69 Å². The average molecular weight is 507 g/mol. The van der Waals surface area contributed by atoms with Crippen LogP contribution in [0.1, 0.15) is 12.0 Å². The second-order valence-corrected chi connectivity index (χ2v) is 10.00. The summed E-state index contributed by atoms with van der Waals surface area (Å²) in [4.78, 5) is 14.5. The van der Waals surface area contributed by atoms with Crippen LogP contribution in [0.3, 0.4) is 0 Å². The summed E-state index contributed by atoms with van der Waals surface area (Å²) < 4.78 is 29.0. The number of sulfonamides is 1. The number of phenols is 1. The zero-order valence-electron chi connectivity index (χ0n) is 19.4. The predicted octanol–water partition coefficient (Wildman–Crippen LogP) is 4.02. The molecule has 0 bridgehead atoms. The fourth-order valence-electron chi connectivity index (χ4n) is 3.95. The van der Waals surface area contributed by atoms with Crippen molar-refractivity contribution in [2.24, 2.45) is 0 Å². The van der Waals surface area contributed by atoms with E-state index in [0.29, 0.717) is 35.0 Å². The number of aromatic nitrogens is 1. The number of fused-ring (bicyclic) bond motifs is 1. The number of nitrogens with zero attached hydrogens (tertiary/aromatic N) is 2. The van der Waals surface area contributed by atoms with Gasteiger partial charge < -0.3 is 10.4 Å². The van der Waals surface area contributed by atoms with Gasteiger partial charge >= 0.3 is 0 Å². The zero-order chi connectivity index (χ0) is 25.5. The summed E-state index contributed by atoms with van der Waals surface area (Å²) in [6.07, 6.45) is 4.72. The number of pyridine rings is 1. The number of phenolic OH excluding ortho intramolecular Hbond substituents is 1. The highest BCUT2D eigenvalue weighted by molar-refractivity contribution is 7.89. The van der Waals surface area contributed by atoms with Gasteiger partial charge in [0, 0.05) is 54.0 Å². The van der Waals surface area contributed by atoms with Crippen molar-refractivity contribution < 1.29 is 18.4 Å². The monoisotopic (exact) mass is 506 g/mol. The number of nitrogens with one attached hydrogen (secondary N) is 2. The van der Waals surface area contributed by atoms with Crippen molar-refractivity contribution in [2.75, 3.05) is 19.6 Å². The molecule has 10 heteroatoms. The Kier molecular flexibility index (Phi) is 7.89. The van der Waals surface area contributed by atoms with Crippen molar-refractivity contribution >= 4 is 26.5 Å². The summed E-state index contributed by atoms with van der Waals surface area (Å²) in [5.74, 6) is 0.0648. The Balaban J connectivity index is 1.36. The summed E-state index contributed by atoms with van der Waals surface area (Å²) in [7, 11) is -3.83. The van der Waals surface area contributed by atoms with Crippen LogP contribution in [-0.2, 0) is 16.4 Å². The summed E-state index contributed by atoms with van der Waals surface area (Å²) in [6.45, 7) is 1.32. The maximum atomic E-state index is 13.2. The molecule has 0 aliphatic carbocycles. The minimum absolute atomic E-state index is 0.0648. The molecule has 1 aromatic heterocycles. The third-order valence-electron chi connectivity index (χ3n) is 5.78. The van der Waals surface area contributed by atoms with Crippen molar-refractivity contribution in [1.82, 2.24) is 15.0 Å². The maximum Gasteiger partial charge on any atom is 0.269 e. The number of hydrogen-bond acceptors (Lipinski definition) is 7. The van der Waals surface area contributed by atoms with Crippen molar-refractivity contribution in [3.05, 3.63) is 94.8 Å². The molecule has 36 heavy (non-hydrogen) atoms. The molecule has 9 nitrogen and oxygen atoms in total. The van der Waals surface area contributed by atoms with Gasteiger partial charge in [-0.05, 0) is 54.8 Å². The van der Waals surface area contributed by atoms with Crippen molar-refractivity contribution in [1.29, 1.82) is 0 Å². The van der Waals surface area contributed by atoms with Gasteiger partial charge in [-0.15, -0.1) is 0 Å². The number of aromatic hydroxyl groups is 1. The summed E-state index contributed by atoms with van der Waals surface area (Å²) in [5, 5.41) is 25.4. The highest BCUT2D eigenvalue weighted by atomic mass is 32.2. The number of nitro benzene ring substituents is 1. The topological polar surface area (TPSA) is 134 Å². The van der Waals surface area contributed by atoms with E-state index in [-0.39, 0.29) is 22.9 Å². The molecule has 4 rings (SSSR count). The fourth-order valence-corrected chi connectivity index (χ4v) is 5.23. The second kappa shape index (κ2) is 11.3. The minimum Gasteiger partial charge on any atom is -0.507 e. The quantitative estimate of drug-likeness (QED) is 0.159. The molecule has 0 saturated heterocycles. The largest absolute Gasteiger partial charge is 0.507 e. The van der Waals surface area contributed by atoms with Crippen LogP contribution in [0.15, 0.2) is 84.0 Å². The number of benzene rings is 3. The molecule has 0 spiro atoms. The van der Waals surface area contributed by atoms with Crippen molar-refractivity contribution in [3.8, 4) is 16.9 Å². The lowest BCUT2D eigenvalue weighted by atomic mass is 10.0. The molecule has 0 amide bonds. The lowest BCUT2D eigenvalue weighted by Crippen LogP contribution is -2.32.